The van der Waals surface area contributed by atoms with Crippen LogP contribution in [-0.2, 0) is 12.8 Å². The normalized spacial score (nSPS) is 11.2. The third-order valence-electron chi connectivity index (χ3n) is 3.04. The van der Waals surface area contributed by atoms with Gasteiger partial charge in [0.1, 0.15) is 5.82 Å². The summed E-state index contributed by atoms with van der Waals surface area (Å²) in [5, 5.41) is 7.21. The van der Waals surface area contributed by atoms with Gasteiger partial charge in [-0.05, 0) is 18.7 Å². The highest BCUT2D eigenvalue weighted by Gasteiger charge is 2.09. The number of aromatic amines is 1. The molecule has 104 valence electrons. The van der Waals surface area contributed by atoms with Crippen LogP contribution in [0.3, 0.4) is 0 Å². The number of rotatable bonds is 6. The topological polar surface area (TPSA) is 79.6 Å². The molecule has 0 saturated carbocycles. The van der Waals surface area contributed by atoms with Crippen molar-refractivity contribution < 1.29 is 4.52 Å². The molecule has 0 aliphatic heterocycles. The summed E-state index contributed by atoms with van der Waals surface area (Å²) in [4.78, 5) is 12.1. The third kappa shape index (κ3) is 2.85. The van der Waals surface area contributed by atoms with Gasteiger partial charge in [-0.25, -0.2) is 4.98 Å². The molecule has 0 amide bonds. The van der Waals surface area contributed by atoms with E-state index >= 15 is 0 Å². The standard InChI is InChI=1S/C14H17N5O/c1-2-15-8-7-14-18-13(19-20-14)9-12-16-10-5-3-4-6-11(10)17-12/h3-6,15H,2,7-9H2,1H3,(H,16,17). The second-order valence-corrected chi connectivity index (χ2v) is 4.59. The fourth-order valence-corrected chi connectivity index (χ4v) is 2.07. The molecule has 6 heteroatoms. The molecule has 0 unspecified atom stereocenters. The van der Waals surface area contributed by atoms with Crippen molar-refractivity contribution in [3.63, 3.8) is 0 Å². The van der Waals surface area contributed by atoms with E-state index < -0.39 is 0 Å². The number of para-hydroxylation sites is 2. The summed E-state index contributed by atoms with van der Waals surface area (Å²) in [6, 6.07) is 7.94. The van der Waals surface area contributed by atoms with Crippen molar-refractivity contribution in [3.05, 3.63) is 41.8 Å². The quantitative estimate of drug-likeness (QED) is 0.667. The molecule has 0 bridgehead atoms. The number of nitrogens with zero attached hydrogens (tertiary/aromatic N) is 3. The summed E-state index contributed by atoms with van der Waals surface area (Å²) in [5.74, 6) is 2.18. The highest BCUT2D eigenvalue weighted by molar-refractivity contribution is 5.74. The van der Waals surface area contributed by atoms with E-state index in [4.69, 9.17) is 4.52 Å². The Labute approximate surface area is 116 Å². The van der Waals surface area contributed by atoms with Crippen molar-refractivity contribution in [3.8, 4) is 0 Å². The number of hydrogen-bond acceptors (Lipinski definition) is 5. The van der Waals surface area contributed by atoms with Crippen molar-refractivity contribution in [1.82, 2.24) is 25.4 Å². The van der Waals surface area contributed by atoms with Crippen LogP contribution in [0.5, 0.6) is 0 Å². The molecule has 3 aromatic rings. The van der Waals surface area contributed by atoms with Gasteiger partial charge in [-0.1, -0.05) is 24.2 Å². The van der Waals surface area contributed by atoms with Gasteiger partial charge in [0.2, 0.25) is 5.89 Å². The monoisotopic (exact) mass is 271 g/mol. The fraction of sp³-hybridized carbons (Fsp3) is 0.357. The van der Waals surface area contributed by atoms with E-state index in [2.05, 4.69) is 32.3 Å². The van der Waals surface area contributed by atoms with Gasteiger partial charge in [0, 0.05) is 13.0 Å². The number of imidazole rings is 1. The lowest BCUT2D eigenvalue weighted by Gasteiger charge is -1.95. The first-order valence-corrected chi connectivity index (χ1v) is 6.81. The average Bonchev–Trinajstić information content (AvgIpc) is 3.05. The van der Waals surface area contributed by atoms with E-state index in [1.165, 1.54) is 0 Å². The van der Waals surface area contributed by atoms with Crippen LogP contribution in [0.15, 0.2) is 28.8 Å². The minimum atomic E-state index is 0.555. The molecule has 0 aliphatic carbocycles. The van der Waals surface area contributed by atoms with Crippen molar-refractivity contribution >= 4 is 11.0 Å². The molecule has 2 N–H and O–H groups in total. The molecule has 0 saturated heterocycles. The van der Waals surface area contributed by atoms with Crippen molar-refractivity contribution in [2.45, 2.75) is 19.8 Å². The van der Waals surface area contributed by atoms with Crippen LogP contribution in [0, 0.1) is 0 Å². The summed E-state index contributed by atoms with van der Waals surface area (Å²) < 4.78 is 5.21. The number of fused-ring (bicyclic) bond motifs is 1. The molecule has 0 fully saturated rings. The van der Waals surface area contributed by atoms with Crippen LogP contribution < -0.4 is 5.32 Å². The maximum Gasteiger partial charge on any atom is 0.227 e. The summed E-state index contributed by atoms with van der Waals surface area (Å²) in [6.07, 6.45) is 1.31. The number of benzene rings is 1. The molecule has 0 atom stereocenters. The Hall–Kier alpha value is -2.21. The van der Waals surface area contributed by atoms with Crippen molar-refractivity contribution in [2.24, 2.45) is 0 Å². The van der Waals surface area contributed by atoms with Gasteiger partial charge in [0.25, 0.3) is 0 Å². The Balaban J connectivity index is 1.68. The predicted octanol–water partition coefficient (Wildman–Crippen LogP) is 1.69. The Kier molecular flexibility index (Phi) is 3.73. The zero-order chi connectivity index (χ0) is 13.8. The van der Waals surface area contributed by atoms with Crippen molar-refractivity contribution in [1.29, 1.82) is 0 Å². The van der Waals surface area contributed by atoms with Gasteiger partial charge in [0.05, 0.1) is 17.5 Å². The average molecular weight is 271 g/mol. The van der Waals surface area contributed by atoms with Crippen LogP contribution in [-0.4, -0.2) is 33.2 Å². The van der Waals surface area contributed by atoms with Crippen LogP contribution in [0.1, 0.15) is 24.5 Å². The molecule has 0 aliphatic rings. The van der Waals surface area contributed by atoms with Crippen LogP contribution in [0.4, 0.5) is 0 Å². The number of H-pyrrole nitrogens is 1. The first kappa shape index (κ1) is 12.8. The zero-order valence-corrected chi connectivity index (χ0v) is 11.4. The predicted molar refractivity (Wildman–Crippen MR) is 75.4 cm³/mol. The molecule has 3 rings (SSSR count). The SMILES string of the molecule is CCNCCc1nc(Cc2nc3ccccc3[nH]2)no1. The van der Waals surface area contributed by atoms with Gasteiger partial charge in [0.15, 0.2) is 5.82 Å². The Bertz CT molecular complexity index is 655. The Morgan fingerprint density at radius 2 is 2.15 bits per heavy atom. The molecule has 1 aromatic carbocycles. The van der Waals surface area contributed by atoms with Gasteiger partial charge < -0.3 is 14.8 Å². The molecule has 20 heavy (non-hydrogen) atoms. The molecule has 0 spiro atoms. The van der Waals surface area contributed by atoms with Gasteiger partial charge >= 0.3 is 0 Å². The van der Waals surface area contributed by atoms with Gasteiger partial charge in [-0.3, -0.25) is 0 Å². The highest BCUT2D eigenvalue weighted by Crippen LogP contribution is 2.12. The fourth-order valence-electron chi connectivity index (χ4n) is 2.07. The van der Waals surface area contributed by atoms with E-state index in [1.807, 2.05) is 24.3 Å². The van der Waals surface area contributed by atoms with E-state index in [1.54, 1.807) is 0 Å². The first-order valence-electron chi connectivity index (χ1n) is 6.81. The minimum Gasteiger partial charge on any atom is -0.342 e. The molecular formula is C14H17N5O. The third-order valence-corrected chi connectivity index (χ3v) is 3.04. The van der Waals surface area contributed by atoms with E-state index in [0.29, 0.717) is 18.1 Å². The van der Waals surface area contributed by atoms with Crippen molar-refractivity contribution in [2.75, 3.05) is 13.1 Å². The Morgan fingerprint density at radius 1 is 1.25 bits per heavy atom. The van der Waals surface area contributed by atoms with E-state index in [0.717, 1.165) is 36.4 Å². The lowest BCUT2D eigenvalue weighted by molar-refractivity contribution is 0.371. The second-order valence-electron chi connectivity index (χ2n) is 4.59. The largest absolute Gasteiger partial charge is 0.342 e. The Morgan fingerprint density at radius 3 is 3.00 bits per heavy atom. The molecule has 6 nitrogen and oxygen atoms in total. The zero-order valence-electron chi connectivity index (χ0n) is 11.4. The number of likely N-dealkylation sites (N-methyl/N-ethyl adjacent to an activating group) is 1. The molecule has 2 aromatic heterocycles. The number of nitrogens with one attached hydrogen (secondary N) is 2. The lowest BCUT2D eigenvalue weighted by Crippen LogP contribution is -2.16. The molecular weight excluding hydrogens is 254 g/mol. The summed E-state index contributed by atoms with van der Waals surface area (Å²) in [6.45, 7) is 3.86. The summed E-state index contributed by atoms with van der Waals surface area (Å²) >= 11 is 0. The van der Waals surface area contributed by atoms with Gasteiger partial charge in [-0.15, -0.1) is 0 Å². The van der Waals surface area contributed by atoms with Crippen LogP contribution >= 0.6 is 0 Å². The van der Waals surface area contributed by atoms with E-state index in [-0.39, 0.29) is 0 Å². The maximum atomic E-state index is 5.21. The molecule has 0 radical (unpaired) electrons. The number of hydrogen-bond donors (Lipinski definition) is 2. The maximum absolute atomic E-state index is 5.21. The lowest BCUT2D eigenvalue weighted by atomic mass is 10.3. The number of aromatic nitrogens is 4. The highest BCUT2D eigenvalue weighted by atomic mass is 16.5. The van der Waals surface area contributed by atoms with E-state index in [9.17, 15) is 0 Å². The molecule has 2 heterocycles. The van der Waals surface area contributed by atoms with Gasteiger partial charge in [-0.2, -0.15) is 4.98 Å². The first-order chi connectivity index (χ1) is 9.85. The minimum absolute atomic E-state index is 0.555. The summed E-state index contributed by atoms with van der Waals surface area (Å²) in [5.41, 5.74) is 1.98. The van der Waals surface area contributed by atoms with Crippen LogP contribution in [0.25, 0.3) is 11.0 Å². The second kappa shape index (κ2) is 5.83. The summed E-state index contributed by atoms with van der Waals surface area (Å²) in [7, 11) is 0. The smallest absolute Gasteiger partial charge is 0.227 e. The van der Waals surface area contributed by atoms with Crippen LogP contribution in [0.2, 0.25) is 0 Å².